The van der Waals surface area contributed by atoms with Gasteiger partial charge in [-0.15, -0.1) is 0 Å². The van der Waals surface area contributed by atoms with Crippen molar-refractivity contribution in [3.63, 3.8) is 0 Å². The fourth-order valence-corrected chi connectivity index (χ4v) is 4.24. The number of carbonyl (C=O) groups is 2. The van der Waals surface area contributed by atoms with Crippen LogP contribution < -0.4 is 21.9 Å². The molecule has 0 aliphatic carbocycles. The molecule has 3 heterocycles. The number of rotatable bonds is 7. The van der Waals surface area contributed by atoms with Crippen molar-refractivity contribution in [2.45, 2.75) is 6.54 Å². The van der Waals surface area contributed by atoms with Gasteiger partial charge in [-0.1, -0.05) is 30.4 Å². The molecule has 2 amide bonds. The van der Waals surface area contributed by atoms with Crippen molar-refractivity contribution in [3.05, 3.63) is 122 Å². The third kappa shape index (κ3) is 5.27. The normalized spacial score (nSPS) is 13.6. The van der Waals surface area contributed by atoms with Crippen LogP contribution in [0.5, 0.6) is 0 Å². The van der Waals surface area contributed by atoms with E-state index >= 15 is 0 Å². The van der Waals surface area contributed by atoms with Crippen LogP contribution in [-0.4, -0.2) is 37.5 Å². The molecule has 0 radical (unpaired) electrons. The number of anilines is 1. The number of benzene rings is 2. The quantitative estimate of drug-likeness (QED) is 0.308. The number of aromatic amines is 1. The third-order valence-corrected chi connectivity index (χ3v) is 6.24. The lowest BCUT2D eigenvalue weighted by atomic mass is 10.0. The molecule has 5 rings (SSSR count). The minimum atomic E-state index is -1.11. The molecule has 0 spiro atoms. The second kappa shape index (κ2) is 10.8. The van der Waals surface area contributed by atoms with Crippen molar-refractivity contribution >= 4 is 35.2 Å². The SMILES string of the molecule is Cn1cc(C(=O)NC/C=C/c2ccc3c(c2)NC(=O)C3=Cc2cnc[nH]2)c(=O)n(Cc2ccc(F)c(F)c2)c1=O. The van der Waals surface area contributed by atoms with E-state index in [1.807, 2.05) is 12.1 Å². The molecule has 0 unspecified atom stereocenters. The van der Waals surface area contributed by atoms with Gasteiger partial charge in [0.2, 0.25) is 0 Å². The summed E-state index contributed by atoms with van der Waals surface area (Å²) >= 11 is 0. The summed E-state index contributed by atoms with van der Waals surface area (Å²) in [6.45, 7) is -0.268. The Morgan fingerprint density at radius 1 is 1.10 bits per heavy atom. The second-order valence-corrected chi connectivity index (χ2v) is 9.01. The number of hydrogen-bond donors (Lipinski definition) is 3. The second-order valence-electron chi connectivity index (χ2n) is 9.01. The smallest absolute Gasteiger partial charge is 0.331 e. The molecule has 2 aromatic heterocycles. The number of imidazole rings is 1. The van der Waals surface area contributed by atoms with E-state index in [0.29, 0.717) is 17.0 Å². The highest BCUT2D eigenvalue weighted by Gasteiger charge is 2.24. The number of halogens is 2. The number of aromatic nitrogens is 4. The number of nitrogens with one attached hydrogen (secondary N) is 3. The predicted octanol–water partition coefficient (Wildman–Crippen LogP) is 2.53. The van der Waals surface area contributed by atoms with E-state index in [1.165, 1.54) is 19.4 Å². The van der Waals surface area contributed by atoms with Gasteiger partial charge in [-0.3, -0.25) is 19.0 Å². The predicted molar refractivity (Wildman–Crippen MR) is 144 cm³/mol. The van der Waals surface area contributed by atoms with Gasteiger partial charge in [-0.25, -0.2) is 18.6 Å². The van der Waals surface area contributed by atoms with Crippen molar-refractivity contribution in [2.75, 3.05) is 11.9 Å². The van der Waals surface area contributed by atoms with Crippen molar-refractivity contribution < 1.29 is 18.4 Å². The van der Waals surface area contributed by atoms with Crippen LogP contribution in [0, 0.1) is 11.6 Å². The summed E-state index contributed by atoms with van der Waals surface area (Å²) in [6, 6.07) is 8.47. The number of fused-ring (bicyclic) bond motifs is 1. The lowest BCUT2D eigenvalue weighted by molar-refractivity contribution is -0.110. The van der Waals surface area contributed by atoms with Gasteiger partial charge in [0.1, 0.15) is 5.56 Å². The largest absolute Gasteiger partial charge is 0.348 e. The molecule has 0 fully saturated rings. The molecule has 0 bridgehead atoms. The molecule has 40 heavy (non-hydrogen) atoms. The molecule has 1 aliphatic heterocycles. The Labute approximate surface area is 225 Å². The standard InChI is InChI=1S/C28H22F2N6O4/c1-35-14-21(27(39)36(28(35)40)13-17-5-7-22(29)23(30)9-17)25(37)32-8-2-3-16-4-6-19-20(11-18-12-31-15-33-18)26(38)34-24(19)10-16/h2-7,9-12,14-15H,8,13H2,1H3,(H,31,33)(H,32,37)(H,34,38)/b3-2+,20-11?. The van der Waals surface area contributed by atoms with Crippen LogP contribution in [0.1, 0.15) is 32.7 Å². The maximum absolute atomic E-state index is 13.6. The molecule has 3 N–H and O–H groups in total. The Kier molecular flexibility index (Phi) is 7.06. The number of amides is 2. The van der Waals surface area contributed by atoms with Crippen molar-refractivity contribution in [1.29, 1.82) is 0 Å². The molecular weight excluding hydrogens is 522 g/mol. The molecule has 12 heteroatoms. The number of nitrogens with zero attached hydrogens (tertiary/aromatic N) is 3. The fourth-order valence-electron chi connectivity index (χ4n) is 4.24. The molecule has 0 saturated heterocycles. The molecule has 10 nitrogen and oxygen atoms in total. The Balaban J connectivity index is 1.27. The zero-order chi connectivity index (χ0) is 28.4. The van der Waals surface area contributed by atoms with E-state index in [0.717, 1.165) is 38.6 Å². The van der Waals surface area contributed by atoms with Crippen LogP contribution >= 0.6 is 0 Å². The topological polar surface area (TPSA) is 131 Å². The summed E-state index contributed by atoms with van der Waals surface area (Å²) in [5, 5.41) is 5.43. The van der Waals surface area contributed by atoms with Crippen molar-refractivity contribution in [2.24, 2.45) is 7.05 Å². The monoisotopic (exact) mass is 544 g/mol. The van der Waals surface area contributed by atoms with Gasteiger partial charge in [0.05, 0.1) is 30.3 Å². The highest BCUT2D eigenvalue weighted by molar-refractivity contribution is 6.34. The van der Waals surface area contributed by atoms with Crippen LogP contribution in [0.2, 0.25) is 0 Å². The van der Waals surface area contributed by atoms with Gasteiger partial charge < -0.3 is 20.2 Å². The van der Waals surface area contributed by atoms with Gasteiger partial charge in [-0.2, -0.15) is 0 Å². The molecule has 0 saturated carbocycles. The minimum Gasteiger partial charge on any atom is -0.348 e. The number of carbonyl (C=O) groups excluding carboxylic acids is 2. The van der Waals surface area contributed by atoms with Crippen molar-refractivity contribution in [1.82, 2.24) is 24.4 Å². The van der Waals surface area contributed by atoms with Crippen LogP contribution in [-0.2, 0) is 18.4 Å². The average Bonchev–Trinajstić information content (AvgIpc) is 3.56. The summed E-state index contributed by atoms with van der Waals surface area (Å²) in [5.41, 5.74) is 1.71. The Bertz CT molecular complexity index is 1820. The highest BCUT2D eigenvalue weighted by Crippen LogP contribution is 2.33. The van der Waals surface area contributed by atoms with Gasteiger partial charge in [-0.05, 0) is 35.4 Å². The number of H-pyrrole nitrogens is 1. The highest BCUT2D eigenvalue weighted by atomic mass is 19.2. The van der Waals surface area contributed by atoms with Crippen LogP contribution in [0.15, 0.2) is 70.8 Å². The first-order valence-corrected chi connectivity index (χ1v) is 12.1. The van der Waals surface area contributed by atoms with Crippen LogP contribution in [0.25, 0.3) is 17.7 Å². The van der Waals surface area contributed by atoms with E-state index in [2.05, 4.69) is 20.6 Å². The summed E-state index contributed by atoms with van der Waals surface area (Å²) in [6.07, 6.45) is 9.39. The van der Waals surface area contributed by atoms with Crippen molar-refractivity contribution in [3.8, 4) is 0 Å². The van der Waals surface area contributed by atoms with Gasteiger partial charge in [0.25, 0.3) is 17.4 Å². The van der Waals surface area contributed by atoms with E-state index in [1.54, 1.807) is 30.5 Å². The lowest BCUT2D eigenvalue weighted by Gasteiger charge is -2.10. The Morgan fingerprint density at radius 3 is 2.67 bits per heavy atom. The Morgan fingerprint density at radius 2 is 1.93 bits per heavy atom. The first-order valence-electron chi connectivity index (χ1n) is 12.1. The number of hydrogen-bond acceptors (Lipinski definition) is 5. The van der Waals surface area contributed by atoms with Gasteiger partial charge >= 0.3 is 5.69 Å². The molecule has 0 atom stereocenters. The Hall–Kier alpha value is -5.39. The van der Waals surface area contributed by atoms with E-state index in [9.17, 15) is 28.0 Å². The molecule has 2 aromatic carbocycles. The third-order valence-electron chi connectivity index (χ3n) is 6.24. The average molecular weight is 545 g/mol. The van der Waals surface area contributed by atoms with E-state index in [4.69, 9.17) is 0 Å². The minimum absolute atomic E-state index is 0.0682. The van der Waals surface area contributed by atoms with Crippen LogP contribution in [0.3, 0.4) is 0 Å². The molecule has 4 aromatic rings. The van der Waals surface area contributed by atoms with E-state index in [-0.39, 0.29) is 30.1 Å². The maximum atomic E-state index is 13.6. The molecular formula is C28H22F2N6O4. The lowest BCUT2D eigenvalue weighted by Crippen LogP contribution is -2.43. The zero-order valence-electron chi connectivity index (χ0n) is 21.1. The first kappa shape index (κ1) is 26.2. The summed E-state index contributed by atoms with van der Waals surface area (Å²) in [7, 11) is 1.38. The maximum Gasteiger partial charge on any atom is 0.331 e. The summed E-state index contributed by atoms with van der Waals surface area (Å²) in [5.74, 6) is -3.11. The van der Waals surface area contributed by atoms with Gasteiger partial charge in [0, 0.05) is 31.0 Å². The molecule has 1 aliphatic rings. The fraction of sp³-hybridized carbons (Fsp3) is 0.107. The van der Waals surface area contributed by atoms with Gasteiger partial charge in [0.15, 0.2) is 11.6 Å². The first-order chi connectivity index (χ1) is 19.2. The van der Waals surface area contributed by atoms with Crippen LogP contribution in [0.4, 0.5) is 14.5 Å². The zero-order valence-corrected chi connectivity index (χ0v) is 21.1. The molecule has 202 valence electrons. The summed E-state index contributed by atoms with van der Waals surface area (Å²) < 4.78 is 28.7. The summed E-state index contributed by atoms with van der Waals surface area (Å²) in [4.78, 5) is 57.5. The number of aryl methyl sites for hydroxylation is 1. The van der Waals surface area contributed by atoms with E-state index < -0.39 is 28.8 Å².